The summed E-state index contributed by atoms with van der Waals surface area (Å²) in [5.74, 6) is -0.549. The number of nitrogens with one attached hydrogen (secondary N) is 1. The number of pyridine rings is 1. The van der Waals surface area contributed by atoms with E-state index >= 15 is 0 Å². The van der Waals surface area contributed by atoms with Crippen molar-refractivity contribution in [1.82, 2.24) is 9.88 Å². The molecule has 3 rings (SSSR count). The summed E-state index contributed by atoms with van der Waals surface area (Å²) in [4.78, 5) is 24.6. The van der Waals surface area contributed by atoms with Gasteiger partial charge in [0.15, 0.2) is 0 Å². The van der Waals surface area contributed by atoms with E-state index in [-0.39, 0.29) is 23.8 Å². The van der Waals surface area contributed by atoms with Gasteiger partial charge in [-0.25, -0.2) is 4.39 Å². The molecule has 0 bridgehead atoms. The number of halogens is 1. The van der Waals surface area contributed by atoms with Gasteiger partial charge in [0, 0.05) is 12.1 Å². The molecule has 0 saturated carbocycles. The molecular formula is C20H19FN2O2. The molecule has 1 amide bonds. The minimum atomic E-state index is -0.280. The molecule has 1 aromatic heterocycles. The van der Waals surface area contributed by atoms with Gasteiger partial charge in [0.05, 0.1) is 5.52 Å². The quantitative estimate of drug-likeness (QED) is 0.778. The van der Waals surface area contributed by atoms with Gasteiger partial charge in [-0.15, -0.1) is 0 Å². The smallest absolute Gasteiger partial charge is 0.254 e. The molecule has 0 saturated heterocycles. The van der Waals surface area contributed by atoms with Gasteiger partial charge in [-0.05, 0) is 42.5 Å². The van der Waals surface area contributed by atoms with Crippen LogP contribution in [0.3, 0.4) is 0 Å². The number of fused-ring (bicyclic) bond motifs is 1. The van der Waals surface area contributed by atoms with E-state index in [9.17, 15) is 14.0 Å². The van der Waals surface area contributed by atoms with Crippen molar-refractivity contribution in [1.29, 1.82) is 0 Å². The molecule has 0 unspecified atom stereocenters. The Hall–Kier alpha value is -2.95. The molecule has 25 heavy (non-hydrogen) atoms. The molecule has 0 aliphatic heterocycles. The first-order chi connectivity index (χ1) is 12.1. The fraction of sp³-hybridized carbons (Fsp3) is 0.200. The molecule has 1 N–H and O–H groups in total. The van der Waals surface area contributed by atoms with Crippen molar-refractivity contribution in [3.8, 4) is 0 Å². The first-order valence-electron chi connectivity index (χ1n) is 8.15. The second-order valence-corrected chi connectivity index (χ2v) is 5.97. The van der Waals surface area contributed by atoms with Crippen LogP contribution in [0.25, 0.3) is 10.9 Å². The molecule has 0 aliphatic rings. The van der Waals surface area contributed by atoms with Crippen LogP contribution in [0.2, 0.25) is 0 Å². The number of para-hydroxylation sites is 1. The number of hydrogen-bond acceptors (Lipinski definition) is 2. The average Bonchev–Trinajstić information content (AvgIpc) is 2.60. The lowest BCUT2D eigenvalue weighted by molar-refractivity contribution is -0.121. The van der Waals surface area contributed by atoms with E-state index in [2.05, 4.69) is 5.32 Å². The summed E-state index contributed by atoms with van der Waals surface area (Å²) in [7, 11) is 0. The zero-order valence-corrected chi connectivity index (χ0v) is 14.0. The van der Waals surface area contributed by atoms with Crippen LogP contribution in [0.1, 0.15) is 11.1 Å². The van der Waals surface area contributed by atoms with Crippen molar-refractivity contribution in [2.45, 2.75) is 19.9 Å². The molecule has 0 spiro atoms. The Morgan fingerprint density at radius 1 is 1.12 bits per heavy atom. The van der Waals surface area contributed by atoms with Crippen LogP contribution in [0.15, 0.2) is 59.4 Å². The van der Waals surface area contributed by atoms with Gasteiger partial charge in [-0.1, -0.05) is 36.4 Å². The second kappa shape index (κ2) is 7.30. The molecule has 0 fully saturated rings. The first-order valence-corrected chi connectivity index (χ1v) is 8.15. The highest BCUT2D eigenvalue weighted by Crippen LogP contribution is 2.13. The first kappa shape index (κ1) is 16.9. The highest BCUT2D eigenvalue weighted by molar-refractivity contribution is 5.82. The van der Waals surface area contributed by atoms with Gasteiger partial charge >= 0.3 is 0 Å². The predicted octanol–water partition coefficient (Wildman–Crippen LogP) is 2.81. The molecular weight excluding hydrogens is 319 g/mol. The minimum Gasteiger partial charge on any atom is -0.354 e. The SMILES string of the molecule is Cc1cc2ccccc2n(CC(=O)NCCc2ccccc2F)c1=O. The standard InChI is InChI=1S/C20H19FN2O2/c1-14-12-16-7-3-5-9-18(16)23(20(14)25)13-19(24)22-11-10-15-6-2-4-8-17(15)21/h2-9,12H,10-11,13H2,1H3,(H,22,24). The molecule has 2 aromatic carbocycles. The molecule has 5 heteroatoms. The maximum atomic E-state index is 13.6. The fourth-order valence-corrected chi connectivity index (χ4v) is 2.87. The van der Waals surface area contributed by atoms with Crippen molar-refractivity contribution in [3.05, 3.63) is 81.9 Å². The molecule has 0 radical (unpaired) electrons. The summed E-state index contributed by atoms with van der Waals surface area (Å²) in [6.45, 7) is 2.00. The van der Waals surface area contributed by atoms with Crippen LogP contribution in [0.5, 0.6) is 0 Å². The summed E-state index contributed by atoms with van der Waals surface area (Å²) in [6.07, 6.45) is 0.405. The topological polar surface area (TPSA) is 51.1 Å². The minimum absolute atomic E-state index is 0.0572. The number of benzene rings is 2. The fourth-order valence-electron chi connectivity index (χ4n) is 2.87. The molecule has 1 heterocycles. The van der Waals surface area contributed by atoms with Crippen molar-refractivity contribution < 1.29 is 9.18 Å². The molecule has 0 aliphatic carbocycles. The van der Waals surface area contributed by atoms with Crippen LogP contribution >= 0.6 is 0 Å². The third kappa shape index (κ3) is 3.76. The van der Waals surface area contributed by atoms with Crippen LogP contribution in [-0.4, -0.2) is 17.0 Å². The predicted molar refractivity (Wildman–Crippen MR) is 96.1 cm³/mol. The van der Waals surface area contributed by atoms with Gasteiger partial charge in [0.1, 0.15) is 12.4 Å². The lowest BCUT2D eigenvalue weighted by Crippen LogP contribution is -2.34. The zero-order chi connectivity index (χ0) is 17.8. The number of carbonyl (C=O) groups is 1. The Morgan fingerprint density at radius 2 is 1.84 bits per heavy atom. The number of carbonyl (C=O) groups excluding carboxylic acids is 1. The summed E-state index contributed by atoms with van der Waals surface area (Å²) in [5, 5.41) is 3.67. The third-order valence-electron chi connectivity index (χ3n) is 4.16. The summed E-state index contributed by atoms with van der Waals surface area (Å²) in [6, 6.07) is 15.8. The largest absolute Gasteiger partial charge is 0.354 e. The number of aromatic nitrogens is 1. The van der Waals surface area contributed by atoms with E-state index in [0.717, 1.165) is 10.9 Å². The van der Waals surface area contributed by atoms with Crippen molar-refractivity contribution in [2.24, 2.45) is 0 Å². The van der Waals surface area contributed by atoms with Crippen molar-refractivity contribution in [3.63, 3.8) is 0 Å². The maximum Gasteiger partial charge on any atom is 0.254 e. The number of nitrogens with zero attached hydrogens (tertiary/aromatic N) is 1. The van der Waals surface area contributed by atoms with E-state index in [4.69, 9.17) is 0 Å². The molecule has 4 nitrogen and oxygen atoms in total. The van der Waals surface area contributed by atoms with Gasteiger partial charge in [-0.3, -0.25) is 14.2 Å². The lowest BCUT2D eigenvalue weighted by atomic mass is 10.1. The number of hydrogen-bond donors (Lipinski definition) is 1. The summed E-state index contributed by atoms with van der Waals surface area (Å²) in [5.41, 5.74) is 1.70. The van der Waals surface area contributed by atoms with Crippen molar-refractivity contribution in [2.75, 3.05) is 6.54 Å². The van der Waals surface area contributed by atoms with E-state index in [1.54, 1.807) is 25.1 Å². The monoisotopic (exact) mass is 338 g/mol. The Balaban J connectivity index is 1.71. The summed E-state index contributed by atoms with van der Waals surface area (Å²) < 4.78 is 15.0. The second-order valence-electron chi connectivity index (χ2n) is 5.97. The number of aryl methyl sites for hydroxylation is 1. The third-order valence-corrected chi connectivity index (χ3v) is 4.16. The summed E-state index contributed by atoms with van der Waals surface area (Å²) >= 11 is 0. The normalized spacial score (nSPS) is 10.8. The van der Waals surface area contributed by atoms with E-state index in [1.807, 2.05) is 30.3 Å². The molecule has 0 atom stereocenters. The number of rotatable bonds is 5. The van der Waals surface area contributed by atoms with Crippen molar-refractivity contribution >= 4 is 16.8 Å². The Kier molecular flexibility index (Phi) is 4.93. The van der Waals surface area contributed by atoms with E-state index < -0.39 is 0 Å². The Morgan fingerprint density at radius 3 is 2.64 bits per heavy atom. The van der Waals surface area contributed by atoms with Gasteiger partial charge in [0.2, 0.25) is 5.91 Å². The van der Waals surface area contributed by atoms with Crippen LogP contribution in [0.4, 0.5) is 4.39 Å². The van der Waals surface area contributed by atoms with E-state index in [0.29, 0.717) is 24.1 Å². The van der Waals surface area contributed by atoms with Crippen LogP contribution < -0.4 is 10.9 Å². The highest BCUT2D eigenvalue weighted by atomic mass is 19.1. The lowest BCUT2D eigenvalue weighted by Gasteiger charge is -2.12. The molecule has 3 aromatic rings. The van der Waals surface area contributed by atoms with E-state index in [1.165, 1.54) is 10.6 Å². The zero-order valence-electron chi connectivity index (χ0n) is 14.0. The van der Waals surface area contributed by atoms with Gasteiger partial charge in [0.25, 0.3) is 5.56 Å². The van der Waals surface area contributed by atoms with Gasteiger partial charge in [-0.2, -0.15) is 0 Å². The maximum absolute atomic E-state index is 13.6. The van der Waals surface area contributed by atoms with Crippen LogP contribution in [0, 0.1) is 12.7 Å². The number of amides is 1. The average molecular weight is 338 g/mol. The molecule has 128 valence electrons. The highest BCUT2D eigenvalue weighted by Gasteiger charge is 2.10. The van der Waals surface area contributed by atoms with Gasteiger partial charge < -0.3 is 5.32 Å². The Bertz CT molecular complexity index is 979. The Labute approximate surface area is 144 Å². The van der Waals surface area contributed by atoms with Crippen LogP contribution in [-0.2, 0) is 17.8 Å².